The molecule has 5 aromatic rings. The third-order valence-corrected chi connectivity index (χ3v) is 11.1. The van der Waals surface area contributed by atoms with E-state index in [-0.39, 0.29) is 23.9 Å². The lowest BCUT2D eigenvalue weighted by atomic mass is 9.93. The molecule has 2 unspecified atom stereocenters. The molecule has 2 aliphatic heterocycles. The summed E-state index contributed by atoms with van der Waals surface area (Å²) in [6.07, 6.45) is 8.21. The summed E-state index contributed by atoms with van der Waals surface area (Å²) >= 11 is 0. The molecule has 2 aliphatic rings. The van der Waals surface area contributed by atoms with E-state index in [4.69, 9.17) is 18.9 Å². The molecule has 0 radical (unpaired) electrons. The van der Waals surface area contributed by atoms with Crippen molar-refractivity contribution < 1.29 is 37.3 Å². The summed E-state index contributed by atoms with van der Waals surface area (Å²) in [5, 5.41) is 0. The van der Waals surface area contributed by atoms with Crippen molar-refractivity contribution >= 4 is 5.91 Å². The predicted octanol–water partition coefficient (Wildman–Crippen LogP) is 10.8. The van der Waals surface area contributed by atoms with Gasteiger partial charge in [-0.15, -0.1) is 0 Å². The monoisotopic (exact) mass is 807 g/mol. The Kier molecular flexibility index (Phi) is 15.2. The number of carbonyl (C=O) groups excluding carboxylic acids is 1. The Bertz CT molecular complexity index is 2090. The van der Waals surface area contributed by atoms with Gasteiger partial charge in [0.1, 0.15) is 23.0 Å². The van der Waals surface area contributed by atoms with E-state index in [2.05, 4.69) is 51.0 Å². The first-order valence-corrected chi connectivity index (χ1v) is 20.2. The Morgan fingerprint density at radius 3 is 1.85 bits per heavy atom. The van der Waals surface area contributed by atoms with Crippen LogP contribution >= 0.6 is 0 Å². The highest BCUT2D eigenvalue weighted by Gasteiger charge is 2.32. The minimum absolute atomic E-state index is 0.0275. The van der Waals surface area contributed by atoms with Gasteiger partial charge < -0.3 is 28.6 Å². The van der Waals surface area contributed by atoms with E-state index in [1.54, 1.807) is 41.6 Å². The highest BCUT2D eigenvalue weighted by Crippen LogP contribution is 2.44. The molecular weight excluding hydrogens is 753 g/mol. The largest absolute Gasteiger partial charge is 0.496 e. The zero-order valence-electron chi connectivity index (χ0n) is 34.7. The van der Waals surface area contributed by atoms with Crippen molar-refractivity contribution in [2.24, 2.45) is 0 Å². The molecule has 0 saturated carbocycles. The van der Waals surface area contributed by atoms with Crippen molar-refractivity contribution in [3.8, 4) is 40.0 Å². The maximum Gasteiger partial charge on any atom is 0.388 e. The molecule has 1 aromatic heterocycles. The number of amides is 1. The van der Waals surface area contributed by atoms with E-state index < -0.39 is 6.61 Å². The van der Waals surface area contributed by atoms with Crippen LogP contribution in [-0.4, -0.2) is 62.3 Å². The van der Waals surface area contributed by atoms with Crippen LogP contribution < -0.4 is 23.7 Å². The number of alkyl halides is 2. The Hall–Kier alpha value is -5.68. The highest BCUT2D eigenvalue weighted by atomic mass is 19.3. The van der Waals surface area contributed by atoms with Gasteiger partial charge in [-0.25, -0.2) is 4.98 Å². The van der Waals surface area contributed by atoms with Crippen molar-refractivity contribution in [2.75, 3.05) is 35.0 Å². The van der Waals surface area contributed by atoms with E-state index >= 15 is 0 Å². The van der Waals surface area contributed by atoms with Crippen LogP contribution in [0.4, 0.5) is 8.78 Å². The molecule has 9 nitrogen and oxygen atoms in total. The number of methoxy groups -OCH3 is 4. The number of piperidine rings is 1. The van der Waals surface area contributed by atoms with Gasteiger partial charge in [0.25, 0.3) is 0 Å². The number of ether oxygens (including phenoxy) is 5. The van der Waals surface area contributed by atoms with Crippen molar-refractivity contribution in [1.29, 1.82) is 0 Å². The molecule has 2 fully saturated rings. The number of carbonyl (C=O) groups is 1. The van der Waals surface area contributed by atoms with Gasteiger partial charge >= 0.3 is 6.61 Å². The summed E-state index contributed by atoms with van der Waals surface area (Å²) in [5.41, 5.74) is 7.02. The second-order valence-corrected chi connectivity index (χ2v) is 14.8. The van der Waals surface area contributed by atoms with E-state index in [9.17, 15) is 13.6 Å². The Morgan fingerprint density at radius 2 is 1.24 bits per heavy atom. The molecule has 1 amide bonds. The third-order valence-electron chi connectivity index (χ3n) is 11.1. The second-order valence-electron chi connectivity index (χ2n) is 14.8. The summed E-state index contributed by atoms with van der Waals surface area (Å²) in [4.78, 5) is 21.7. The Labute approximate surface area is 346 Å². The number of rotatable bonds is 13. The average molecular weight is 808 g/mol. The maximum absolute atomic E-state index is 13.2. The SMILES string of the molecule is COc1cccc(OC)c1C1CCCCC(=O)N1Cc1cccc(-c2ccccc2)c1.COc1cccc(OC)c1C1CCCCN1Cc1cnc(OC(F)F)c(C)c1. The lowest BCUT2D eigenvalue weighted by Gasteiger charge is -2.37. The van der Waals surface area contributed by atoms with Gasteiger partial charge in [-0.1, -0.05) is 73.5 Å². The molecule has 0 aliphatic carbocycles. The van der Waals surface area contributed by atoms with Gasteiger partial charge in [0.15, 0.2) is 0 Å². The molecule has 7 rings (SSSR count). The average Bonchev–Trinajstić information content (AvgIpc) is 3.44. The molecule has 3 heterocycles. The van der Waals surface area contributed by atoms with Crippen LogP contribution in [0.5, 0.6) is 28.9 Å². The fraction of sp³-hybridized carbons (Fsp3) is 0.375. The lowest BCUT2D eigenvalue weighted by Crippen LogP contribution is -2.33. The molecule has 11 heteroatoms. The normalized spacial score (nSPS) is 17.1. The number of hydrogen-bond donors (Lipinski definition) is 0. The van der Waals surface area contributed by atoms with Gasteiger partial charge in [0.05, 0.1) is 45.6 Å². The molecule has 0 N–H and O–H groups in total. The first kappa shape index (κ1) is 42.9. The number of nitrogens with zero attached hydrogens (tertiary/aromatic N) is 3. The van der Waals surface area contributed by atoms with Gasteiger partial charge in [0.2, 0.25) is 11.8 Å². The molecule has 4 aromatic carbocycles. The van der Waals surface area contributed by atoms with Gasteiger partial charge in [-0.2, -0.15) is 8.78 Å². The molecule has 59 heavy (non-hydrogen) atoms. The van der Waals surface area contributed by atoms with Crippen LogP contribution in [0.2, 0.25) is 0 Å². The standard InChI is InChI=1S/C27H29NO3.C21H26F2N2O3/c1-30-24-15-9-16-25(31-2)27(24)23-14-6-7-17-26(29)28(23)19-20-10-8-13-22(18-20)21-11-4-3-5-12-21;1-14-11-15(12-24-20(14)28-21(22)23)13-25-10-5-4-7-16(25)19-17(26-2)8-6-9-18(19)27-3/h3-5,8-13,15-16,18,23H,6-7,14,17,19H2,1-2H3;6,8-9,11-12,16,21H,4-5,7,10,13H2,1-3H3. The number of pyridine rings is 1. The number of likely N-dealkylation sites (tertiary alicyclic amines) is 2. The fourth-order valence-corrected chi connectivity index (χ4v) is 8.34. The number of aryl methyl sites for hydroxylation is 1. The predicted molar refractivity (Wildman–Crippen MR) is 225 cm³/mol. The summed E-state index contributed by atoms with van der Waals surface area (Å²) in [6, 6.07) is 32.4. The third kappa shape index (κ3) is 10.7. The first-order chi connectivity index (χ1) is 28.7. The summed E-state index contributed by atoms with van der Waals surface area (Å²) in [5.74, 6) is 3.31. The molecule has 2 atom stereocenters. The molecule has 0 bridgehead atoms. The smallest absolute Gasteiger partial charge is 0.388 e. The van der Waals surface area contributed by atoms with E-state index in [0.29, 0.717) is 25.1 Å². The summed E-state index contributed by atoms with van der Waals surface area (Å²) in [7, 11) is 6.68. The highest BCUT2D eigenvalue weighted by molar-refractivity contribution is 5.77. The summed E-state index contributed by atoms with van der Waals surface area (Å²) in [6.45, 7) is 1.01. The minimum atomic E-state index is -2.87. The minimum Gasteiger partial charge on any atom is -0.496 e. The molecule has 312 valence electrons. The van der Waals surface area contributed by atoms with Crippen LogP contribution in [-0.2, 0) is 17.9 Å². The van der Waals surface area contributed by atoms with E-state index in [1.807, 2.05) is 65.6 Å². The van der Waals surface area contributed by atoms with Gasteiger partial charge in [-0.05, 0) is 97.8 Å². The first-order valence-electron chi connectivity index (χ1n) is 20.2. The van der Waals surface area contributed by atoms with Crippen LogP contribution in [0, 0.1) is 6.92 Å². The second kappa shape index (κ2) is 20.8. The zero-order valence-corrected chi connectivity index (χ0v) is 34.7. The fourth-order valence-electron chi connectivity index (χ4n) is 8.34. The molecule has 0 spiro atoms. The maximum atomic E-state index is 13.2. The van der Waals surface area contributed by atoms with Crippen LogP contribution in [0.15, 0.2) is 103 Å². The number of aromatic nitrogens is 1. The number of hydrogen-bond acceptors (Lipinski definition) is 8. The van der Waals surface area contributed by atoms with Crippen LogP contribution in [0.3, 0.4) is 0 Å². The Balaban J connectivity index is 0.000000199. The lowest BCUT2D eigenvalue weighted by molar-refractivity contribution is -0.133. The van der Waals surface area contributed by atoms with Gasteiger partial charge in [0, 0.05) is 37.3 Å². The summed E-state index contributed by atoms with van der Waals surface area (Å²) < 4.78 is 51.9. The quantitative estimate of drug-likeness (QED) is 0.116. The van der Waals surface area contributed by atoms with Crippen LogP contribution in [0.25, 0.3) is 11.1 Å². The molecular formula is C48H55F2N3O6. The van der Waals surface area contributed by atoms with Crippen LogP contribution in [0.1, 0.15) is 84.8 Å². The van der Waals surface area contributed by atoms with E-state index in [1.165, 1.54) is 5.56 Å². The van der Waals surface area contributed by atoms with Crippen molar-refractivity contribution in [3.05, 3.63) is 131 Å². The van der Waals surface area contributed by atoms with Crippen molar-refractivity contribution in [1.82, 2.24) is 14.8 Å². The molecule has 2 saturated heterocycles. The van der Waals surface area contributed by atoms with Gasteiger partial charge in [-0.3, -0.25) is 9.69 Å². The Morgan fingerprint density at radius 1 is 0.661 bits per heavy atom. The van der Waals surface area contributed by atoms with E-state index in [0.717, 1.165) is 95.9 Å². The van der Waals surface area contributed by atoms with Crippen molar-refractivity contribution in [3.63, 3.8) is 0 Å². The number of halogens is 2. The van der Waals surface area contributed by atoms with Crippen molar-refractivity contribution in [2.45, 2.75) is 83.7 Å². The number of benzene rings is 4. The zero-order chi connectivity index (χ0) is 41.7. The topological polar surface area (TPSA) is 82.6 Å².